The summed E-state index contributed by atoms with van der Waals surface area (Å²) in [6.07, 6.45) is 4.44. The van der Waals surface area contributed by atoms with Crippen LogP contribution in [0.4, 0.5) is 11.4 Å². The number of aromatic nitrogens is 1. The van der Waals surface area contributed by atoms with Crippen molar-refractivity contribution in [2.75, 3.05) is 21.9 Å². The first kappa shape index (κ1) is 17.4. The number of hydrogen-bond donors (Lipinski definition) is 1. The van der Waals surface area contributed by atoms with Crippen molar-refractivity contribution in [1.82, 2.24) is 4.57 Å². The molecular weight excluding hydrogens is 362 g/mol. The first-order chi connectivity index (χ1) is 13.0. The summed E-state index contributed by atoms with van der Waals surface area (Å²) in [6.45, 7) is 0.471. The van der Waals surface area contributed by atoms with Crippen molar-refractivity contribution in [2.45, 2.75) is 6.42 Å². The second-order valence-corrected chi connectivity index (χ2v) is 8.40. The largest absolute Gasteiger partial charge is 0.324 e. The van der Waals surface area contributed by atoms with Gasteiger partial charge in [0.15, 0.2) is 0 Å². The Morgan fingerprint density at radius 1 is 0.926 bits per heavy atom. The molecule has 1 fully saturated rings. The minimum Gasteiger partial charge on any atom is -0.324 e. The number of nitrogens with one attached hydrogen (secondary N) is 1. The molecule has 7 heteroatoms. The molecule has 1 aliphatic heterocycles. The Hall–Kier alpha value is -3.06. The van der Waals surface area contributed by atoms with Crippen LogP contribution in [0.5, 0.6) is 0 Å². The normalized spacial score (nSPS) is 15.6. The fraction of sp³-hybridized carbons (Fsp3) is 0.150. The first-order valence-corrected chi connectivity index (χ1v) is 10.3. The lowest BCUT2D eigenvalue weighted by Gasteiger charge is -2.18. The van der Waals surface area contributed by atoms with Crippen molar-refractivity contribution in [3.05, 3.63) is 78.6 Å². The van der Waals surface area contributed by atoms with Crippen LogP contribution in [-0.4, -0.2) is 31.2 Å². The van der Waals surface area contributed by atoms with Crippen molar-refractivity contribution < 1.29 is 13.2 Å². The van der Waals surface area contributed by atoms with E-state index in [4.69, 9.17) is 0 Å². The van der Waals surface area contributed by atoms with E-state index >= 15 is 0 Å². The molecule has 1 aromatic heterocycles. The molecule has 2 aromatic carbocycles. The van der Waals surface area contributed by atoms with E-state index < -0.39 is 10.0 Å². The van der Waals surface area contributed by atoms with Crippen LogP contribution >= 0.6 is 0 Å². The molecule has 1 amide bonds. The van der Waals surface area contributed by atoms with Crippen molar-refractivity contribution in [3.8, 4) is 5.69 Å². The Labute approximate surface area is 158 Å². The van der Waals surface area contributed by atoms with Gasteiger partial charge in [-0.05, 0) is 55.0 Å². The highest BCUT2D eigenvalue weighted by molar-refractivity contribution is 7.93. The van der Waals surface area contributed by atoms with E-state index in [2.05, 4.69) is 5.32 Å². The second-order valence-electron chi connectivity index (χ2n) is 6.39. The number of carbonyl (C=O) groups is 1. The van der Waals surface area contributed by atoms with Gasteiger partial charge in [-0.15, -0.1) is 0 Å². The van der Waals surface area contributed by atoms with E-state index in [0.717, 1.165) is 5.69 Å². The van der Waals surface area contributed by atoms with Crippen LogP contribution in [0.25, 0.3) is 5.69 Å². The zero-order chi connectivity index (χ0) is 18.9. The molecule has 0 aliphatic carbocycles. The summed E-state index contributed by atoms with van der Waals surface area (Å²) in [5.74, 6) is -0.0825. The smallest absolute Gasteiger partial charge is 0.255 e. The summed E-state index contributed by atoms with van der Waals surface area (Å²) in [5, 5.41) is 2.85. The van der Waals surface area contributed by atoms with Crippen LogP contribution in [0.1, 0.15) is 16.8 Å². The molecule has 2 heterocycles. The van der Waals surface area contributed by atoms with E-state index in [0.29, 0.717) is 29.9 Å². The van der Waals surface area contributed by atoms with E-state index in [-0.39, 0.29) is 11.7 Å². The molecule has 0 saturated carbocycles. The van der Waals surface area contributed by atoms with Crippen LogP contribution in [0.15, 0.2) is 73.1 Å². The van der Waals surface area contributed by atoms with Gasteiger partial charge >= 0.3 is 0 Å². The van der Waals surface area contributed by atoms with Crippen LogP contribution in [0.3, 0.4) is 0 Å². The van der Waals surface area contributed by atoms with Crippen LogP contribution < -0.4 is 9.62 Å². The van der Waals surface area contributed by atoms with Crippen molar-refractivity contribution in [2.24, 2.45) is 0 Å². The van der Waals surface area contributed by atoms with Gasteiger partial charge < -0.3 is 9.88 Å². The minimum absolute atomic E-state index is 0.162. The summed E-state index contributed by atoms with van der Waals surface area (Å²) < 4.78 is 27.5. The summed E-state index contributed by atoms with van der Waals surface area (Å²) in [6, 6.07) is 18.1. The summed E-state index contributed by atoms with van der Waals surface area (Å²) in [7, 11) is -3.25. The van der Waals surface area contributed by atoms with Crippen molar-refractivity contribution >= 4 is 27.3 Å². The standard InChI is InChI=1S/C20H19N3O3S/c24-20(16-6-3-8-18(14-16)22-10-1-2-11-22)21-17-7-4-9-19(15-17)23-12-5-13-27(23,25)26/h1-4,6-11,14-15H,5,12-13H2,(H,21,24). The lowest BCUT2D eigenvalue weighted by Crippen LogP contribution is -2.25. The highest BCUT2D eigenvalue weighted by Gasteiger charge is 2.28. The number of carbonyl (C=O) groups excluding carboxylic acids is 1. The Bertz CT molecular complexity index is 1080. The maximum atomic E-state index is 12.6. The molecule has 3 aromatic rings. The topological polar surface area (TPSA) is 71.4 Å². The Morgan fingerprint density at radius 3 is 2.41 bits per heavy atom. The molecule has 0 unspecified atom stereocenters. The Morgan fingerprint density at radius 2 is 1.67 bits per heavy atom. The third kappa shape index (κ3) is 3.59. The molecule has 1 saturated heterocycles. The van der Waals surface area contributed by atoms with Gasteiger partial charge in [-0.2, -0.15) is 0 Å². The van der Waals surface area contributed by atoms with E-state index in [1.807, 2.05) is 47.3 Å². The molecule has 4 rings (SSSR count). The molecule has 138 valence electrons. The van der Waals surface area contributed by atoms with Gasteiger partial charge in [0.25, 0.3) is 5.91 Å². The fourth-order valence-corrected chi connectivity index (χ4v) is 4.74. The molecule has 1 N–H and O–H groups in total. The van der Waals surface area contributed by atoms with Gasteiger partial charge in [0.05, 0.1) is 11.4 Å². The molecule has 0 bridgehead atoms. The average molecular weight is 381 g/mol. The number of benzene rings is 2. The number of nitrogens with zero attached hydrogens (tertiary/aromatic N) is 2. The number of rotatable bonds is 4. The summed E-state index contributed by atoms with van der Waals surface area (Å²) in [5.41, 5.74) is 2.56. The zero-order valence-electron chi connectivity index (χ0n) is 14.6. The minimum atomic E-state index is -3.25. The Balaban J connectivity index is 1.55. The third-order valence-corrected chi connectivity index (χ3v) is 6.37. The first-order valence-electron chi connectivity index (χ1n) is 8.68. The Kier molecular flexibility index (Phi) is 4.45. The van der Waals surface area contributed by atoms with Crippen molar-refractivity contribution in [1.29, 1.82) is 0 Å². The third-order valence-electron chi connectivity index (χ3n) is 4.50. The maximum absolute atomic E-state index is 12.6. The van der Waals surface area contributed by atoms with E-state index in [1.165, 1.54) is 4.31 Å². The van der Waals surface area contributed by atoms with Gasteiger partial charge in [-0.25, -0.2) is 8.42 Å². The zero-order valence-corrected chi connectivity index (χ0v) is 15.4. The number of anilines is 2. The number of sulfonamides is 1. The lowest BCUT2D eigenvalue weighted by atomic mass is 10.1. The van der Waals surface area contributed by atoms with Gasteiger partial charge in [0.1, 0.15) is 0 Å². The molecule has 6 nitrogen and oxygen atoms in total. The van der Waals surface area contributed by atoms with Crippen LogP contribution in [0.2, 0.25) is 0 Å². The van der Waals surface area contributed by atoms with Gasteiger partial charge in [0, 0.05) is 35.9 Å². The molecule has 1 aliphatic rings. The second kappa shape index (κ2) is 6.92. The monoisotopic (exact) mass is 381 g/mol. The van der Waals surface area contributed by atoms with Gasteiger partial charge in [-0.1, -0.05) is 12.1 Å². The lowest BCUT2D eigenvalue weighted by molar-refractivity contribution is 0.102. The number of hydrogen-bond acceptors (Lipinski definition) is 3. The quantitative estimate of drug-likeness (QED) is 0.754. The van der Waals surface area contributed by atoms with Crippen LogP contribution in [0, 0.1) is 0 Å². The molecule has 0 radical (unpaired) electrons. The van der Waals surface area contributed by atoms with E-state index in [1.54, 1.807) is 30.3 Å². The van der Waals surface area contributed by atoms with Crippen molar-refractivity contribution in [3.63, 3.8) is 0 Å². The highest BCUT2D eigenvalue weighted by Crippen LogP contribution is 2.26. The highest BCUT2D eigenvalue weighted by atomic mass is 32.2. The fourth-order valence-electron chi connectivity index (χ4n) is 3.19. The molecule has 27 heavy (non-hydrogen) atoms. The molecule has 0 spiro atoms. The van der Waals surface area contributed by atoms with E-state index in [9.17, 15) is 13.2 Å². The van der Waals surface area contributed by atoms with Gasteiger partial charge in [-0.3, -0.25) is 9.10 Å². The number of amides is 1. The summed E-state index contributed by atoms with van der Waals surface area (Å²) in [4.78, 5) is 12.6. The SMILES string of the molecule is O=C(Nc1cccc(N2CCCS2(=O)=O)c1)c1cccc(-n2cccc2)c1. The maximum Gasteiger partial charge on any atom is 0.255 e. The molecule has 0 atom stereocenters. The molecular formula is C20H19N3O3S. The summed E-state index contributed by atoms with van der Waals surface area (Å²) >= 11 is 0. The average Bonchev–Trinajstić information content (AvgIpc) is 3.31. The predicted octanol–water partition coefficient (Wildman–Crippen LogP) is 3.27. The predicted molar refractivity (Wildman–Crippen MR) is 106 cm³/mol. The van der Waals surface area contributed by atoms with Gasteiger partial charge in [0.2, 0.25) is 10.0 Å². The van der Waals surface area contributed by atoms with Crippen LogP contribution in [-0.2, 0) is 10.0 Å².